The lowest BCUT2D eigenvalue weighted by atomic mass is 10.5. The number of hydrogen-bond donors (Lipinski definition) is 0. The molecule has 1 rings (SSSR count). The number of ether oxygens (including phenoxy) is 1. The molecule has 1 aliphatic heterocycles. The predicted octanol–water partition coefficient (Wildman–Crippen LogP) is 0.632. The molecule has 0 saturated heterocycles. The Bertz CT molecular complexity index is 84.4. The molecule has 0 bridgehead atoms. The second kappa shape index (κ2) is 2.67. The van der Waals surface area contributed by atoms with Gasteiger partial charge in [-0.3, -0.25) is 0 Å². The second-order valence-corrected chi connectivity index (χ2v) is 1.44. The lowest BCUT2D eigenvalue weighted by Crippen LogP contribution is -2.09. The van der Waals surface area contributed by atoms with E-state index in [0.717, 1.165) is 0 Å². The van der Waals surface area contributed by atoms with Crippen LogP contribution in [0.15, 0.2) is 5.16 Å². The minimum absolute atomic E-state index is 0.167. The molecule has 1 radical (unpaired) electrons. The Morgan fingerprint density at radius 1 is 2.00 bits per heavy atom. The molecule has 3 heteroatoms. The van der Waals surface area contributed by atoms with Crippen molar-refractivity contribution in [2.24, 2.45) is 5.16 Å². The lowest BCUT2D eigenvalue weighted by Gasteiger charge is -2.04. The molecule has 0 aromatic heterocycles. The van der Waals surface area contributed by atoms with Crippen LogP contribution in [0, 0.1) is 0 Å². The lowest BCUT2D eigenvalue weighted by molar-refractivity contribution is -0.120. The molecule has 3 nitrogen and oxygen atoms in total. The van der Waals surface area contributed by atoms with Crippen LogP contribution in [-0.2, 0) is 9.57 Å². The first-order valence-electron chi connectivity index (χ1n) is 2.64. The molecule has 8 heavy (non-hydrogen) atoms. The van der Waals surface area contributed by atoms with Gasteiger partial charge < -0.3 is 9.57 Å². The van der Waals surface area contributed by atoms with Crippen LogP contribution in [-0.4, -0.2) is 19.1 Å². The number of hydrogen-bond acceptors (Lipinski definition) is 3. The predicted molar refractivity (Wildman–Crippen MR) is 28.6 cm³/mol. The van der Waals surface area contributed by atoms with Crippen molar-refractivity contribution in [1.29, 1.82) is 0 Å². The third-order valence-corrected chi connectivity index (χ3v) is 0.845. The van der Waals surface area contributed by atoms with Gasteiger partial charge >= 0.3 is 0 Å². The zero-order valence-corrected chi connectivity index (χ0v) is 4.76. The van der Waals surface area contributed by atoms with E-state index in [0.29, 0.717) is 13.0 Å². The second-order valence-electron chi connectivity index (χ2n) is 1.44. The van der Waals surface area contributed by atoms with Gasteiger partial charge in [0.05, 0.1) is 6.42 Å². The summed E-state index contributed by atoms with van der Waals surface area (Å²) < 4.78 is 5.02. The minimum atomic E-state index is -0.167. The molecule has 0 spiro atoms. The molecular weight excluding hydrogens is 106 g/mol. The van der Waals surface area contributed by atoms with Gasteiger partial charge in [0.15, 0.2) is 0 Å². The van der Waals surface area contributed by atoms with Crippen LogP contribution in [0.25, 0.3) is 0 Å². The van der Waals surface area contributed by atoms with Crippen molar-refractivity contribution in [2.75, 3.05) is 6.61 Å². The summed E-state index contributed by atoms with van der Waals surface area (Å²) in [4.78, 5) is 4.69. The maximum atomic E-state index is 5.02. The SMILES string of the molecule is CCOC1C[C]=NO1. The first-order chi connectivity index (χ1) is 3.93. The molecule has 0 amide bonds. The van der Waals surface area contributed by atoms with Gasteiger partial charge in [-0.1, -0.05) is 5.16 Å². The van der Waals surface area contributed by atoms with E-state index in [1.807, 2.05) is 6.92 Å². The summed E-state index contributed by atoms with van der Waals surface area (Å²) in [6.45, 7) is 2.59. The Balaban J connectivity index is 2.10. The third kappa shape index (κ3) is 1.20. The monoisotopic (exact) mass is 114 g/mol. The highest BCUT2D eigenvalue weighted by atomic mass is 16.8. The molecule has 1 atom stereocenters. The third-order valence-electron chi connectivity index (χ3n) is 0.845. The average molecular weight is 114 g/mol. The standard InChI is InChI=1S/C5H8NO2/c1-2-7-5-3-4-6-8-5/h5H,2-3H2,1H3. The highest BCUT2D eigenvalue weighted by Crippen LogP contribution is 2.04. The molecule has 1 unspecified atom stereocenters. The van der Waals surface area contributed by atoms with E-state index >= 15 is 0 Å². The highest BCUT2D eigenvalue weighted by Gasteiger charge is 2.11. The Morgan fingerprint density at radius 3 is 3.38 bits per heavy atom. The van der Waals surface area contributed by atoms with Crippen LogP contribution in [0.3, 0.4) is 0 Å². The fraction of sp³-hybridized carbons (Fsp3) is 0.800. The molecule has 0 N–H and O–H groups in total. The molecule has 0 saturated carbocycles. The van der Waals surface area contributed by atoms with E-state index in [9.17, 15) is 0 Å². The van der Waals surface area contributed by atoms with Gasteiger partial charge in [0.2, 0.25) is 6.29 Å². The van der Waals surface area contributed by atoms with E-state index in [4.69, 9.17) is 4.74 Å². The molecule has 0 aliphatic carbocycles. The summed E-state index contributed by atoms with van der Waals surface area (Å²) in [6.07, 6.45) is 3.13. The summed E-state index contributed by atoms with van der Waals surface area (Å²) in [5.41, 5.74) is 0. The molecule has 1 aliphatic rings. The van der Waals surface area contributed by atoms with E-state index < -0.39 is 0 Å². The van der Waals surface area contributed by atoms with Crippen molar-refractivity contribution >= 4 is 6.21 Å². The summed E-state index contributed by atoms with van der Waals surface area (Å²) in [7, 11) is 0. The van der Waals surface area contributed by atoms with E-state index in [2.05, 4.69) is 16.2 Å². The van der Waals surface area contributed by atoms with Crippen LogP contribution >= 0.6 is 0 Å². The molecule has 1 heterocycles. The van der Waals surface area contributed by atoms with Gasteiger partial charge in [0.25, 0.3) is 0 Å². The maximum absolute atomic E-state index is 5.02. The maximum Gasteiger partial charge on any atom is 0.232 e. The van der Waals surface area contributed by atoms with Gasteiger partial charge in [-0.2, -0.15) is 0 Å². The Labute approximate surface area is 48.3 Å². The van der Waals surface area contributed by atoms with Crippen molar-refractivity contribution in [2.45, 2.75) is 19.6 Å². The van der Waals surface area contributed by atoms with Crippen LogP contribution in [0.4, 0.5) is 0 Å². The summed E-state index contributed by atoms with van der Waals surface area (Å²) in [6, 6.07) is 0. The fourth-order valence-corrected chi connectivity index (χ4v) is 0.520. The zero-order chi connectivity index (χ0) is 5.82. The summed E-state index contributed by atoms with van der Waals surface area (Å²) >= 11 is 0. The van der Waals surface area contributed by atoms with Crippen LogP contribution in [0.1, 0.15) is 13.3 Å². The van der Waals surface area contributed by atoms with Crippen LogP contribution in [0.2, 0.25) is 0 Å². The van der Waals surface area contributed by atoms with Crippen molar-refractivity contribution in [3.63, 3.8) is 0 Å². The van der Waals surface area contributed by atoms with E-state index in [1.54, 1.807) is 0 Å². The molecule has 0 aromatic carbocycles. The topological polar surface area (TPSA) is 30.8 Å². The Hall–Kier alpha value is -0.570. The molecular formula is C5H8NO2. The largest absolute Gasteiger partial charge is 0.363 e. The van der Waals surface area contributed by atoms with Gasteiger partial charge in [0, 0.05) is 6.61 Å². The van der Waals surface area contributed by atoms with Crippen molar-refractivity contribution < 1.29 is 9.57 Å². The van der Waals surface area contributed by atoms with Gasteiger partial charge in [-0.05, 0) is 6.92 Å². The zero-order valence-electron chi connectivity index (χ0n) is 4.76. The Morgan fingerprint density at radius 2 is 2.88 bits per heavy atom. The number of nitrogens with zero attached hydrogens (tertiary/aromatic N) is 1. The van der Waals surface area contributed by atoms with Crippen molar-refractivity contribution in [1.82, 2.24) is 0 Å². The smallest absolute Gasteiger partial charge is 0.232 e. The van der Waals surface area contributed by atoms with Crippen molar-refractivity contribution in [3.05, 3.63) is 0 Å². The highest BCUT2D eigenvalue weighted by molar-refractivity contribution is 5.58. The molecule has 45 valence electrons. The minimum Gasteiger partial charge on any atom is -0.363 e. The average Bonchev–Trinajstić information content (AvgIpc) is 2.19. The van der Waals surface area contributed by atoms with E-state index in [1.165, 1.54) is 0 Å². The first-order valence-corrected chi connectivity index (χ1v) is 2.64. The Kier molecular flexibility index (Phi) is 1.86. The quantitative estimate of drug-likeness (QED) is 0.527. The first kappa shape index (κ1) is 5.56. The summed E-state index contributed by atoms with van der Waals surface area (Å²) in [5.74, 6) is 0. The molecule has 0 fully saturated rings. The van der Waals surface area contributed by atoms with Crippen LogP contribution < -0.4 is 0 Å². The normalized spacial score (nSPS) is 25.9. The van der Waals surface area contributed by atoms with Crippen molar-refractivity contribution in [3.8, 4) is 0 Å². The van der Waals surface area contributed by atoms with Gasteiger partial charge in [-0.15, -0.1) is 0 Å². The number of rotatable bonds is 2. The summed E-state index contributed by atoms with van der Waals surface area (Å²) in [5, 5.41) is 3.41. The van der Waals surface area contributed by atoms with Crippen LogP contribution in [0.5, 0.6) is 0 Å². The van der Waals surface area contributed by atoms with E-state index in [-0.39, 0.29) is 6.29 Å². The molecule has 0 aromatic rings. The van der Waals surface area contributed by atoms with Gasteiger partial charge in [-0.25, -0.2) is 0 Å². The fourth-order valence-electron chi connectivity index (χ4n) is 0.520. The van der Waals surface area contributed by atoms with Gasteiger partial charge in [0.1, 0.15) is 6.21 Å².